The summed E-state index contributed by atoms with van der Waals surface area (Å²) in [4.78, 5) is 38.2. The van der Waals surface area contributed by atoms with Gasteiger partial charge in [-0.3, -0.25) is 9.59 Å². The predicted octanol–water partition coefficient (Wildman–Crippen LogP) is 2.42. The summed E-state index contributed by atoms with van der Waals surface area (Å²) in [5.41, 5.74) is 5.26. The van der Waals surface area contributed by atoms with E-state index in [-0.39, 0.29) is 42.5 Å². The number of hydrogen-bond donors (Lipinski definition) is 5. The van der Waals surface area contributed by atoms with Crippen molar-refractivity contribution in [2.45, 2.75) is 91.5 Å². The maximum atomic E-state index is 13.2. The van der Waals surface area contributed by atoms with E-state index in [1.165, 1.54) is 11.0 Å². The number of carbonyl (C=O) groups excluding carboxylic acids is 3. The molecule has 1 aliphatic heterocycles. The Morgan fingerprint density at radius 2 is 1.65 bits per heavy atom. The standard InChI is InChI=1S/C32H54N2O9/c1-10-11-12-18(3)29(43-32(33)41)21(6)28(38)22(7)30(39)34(9)16-19(4)26(36)17(2)13-14-24(35)15-25-20(5)27(37)23(8)31(40)42-25/h10-14,17-29,35-38H,1,15-16H2,2-9H3,(H2,33,41)/b12-11-,14-13-/t17-,18-,19-,20-,21-,22+,23+,24+,25-,26-,27-,28-,29-/m0/s1. The highest BCUT2D eigenvalue weighted by molar-refractivity contribution is 5.79. The molecule has 1 saturated heterocycles. The zero-order valence-electron chi connectivity index (χ0n) is 26.9. The molecule has 11 heteroatoms. The van der Waals surface area contributed by atoms with E-state index in [1.807, 2.05) is 6.92 Å². The summed E-state index contributed by atoms with van der Waals surface area (Å²) < 4.78 is 10.7. The first kappa shape index (κ1) is 38.3. The van der Waals surface area contributed by atoms with Crippen molar-refractivity contribution in [1.82, 2.24) is 4.90 Å². The van der Waals surface area contributed by atoms with Gasteiger partial charge in [0.15, 0.2) is 0 Å². The van der Waals surface area contributed by atoms with Gasteiger partial charge in [-0.2, -0.15) is 0 Å². The third-order valence-electron chi connectivity index (χ3n) is 8.73. The average Bonchev–Trinajstić information content (AvgIpc) is 2.96. The minimum atomic E-state index is -1.14. The third-order valence-corrected chi connectivity index (χ3v) is 8.73. The second-order valence-corrected chi connectivity index (χ2v) is 12.4. The quantitative estimate of drug-likeness (QED) is 0.0996. The lowest BCUT2D eigenvalue weighted by molar-refractivity contribution is -0.179. The molecule has 0 aromatic rings. The molecule has 1 heterocycles. The lowest BCUT2D eigenvalue weighted by Crippen LogP contribution is -2.47. The SMILES string of the molecule is C=C/C=C\[C@H](C)[C@H](OC(N)=O)[C@@H](C)[C@H](O)[C@@H](C)C(=O)N(C)C[C@H](C)[C@@H](O)[C@@H](C)/C=C\[C@@H](O)C[C@@H]1OC(=O)[C@H](C)[C@@H](O)[C@H]1C. The van der Waals surface area contributed by atoms with Gasteiger partial charge in [0.05, 0.1) is 36.3 Å². The molecule has 0 saturated carbocycles. The zero-order valence-corrected chi connectivity index (χ0v) is 26.9. The molecule has 0 aromatic carbocycles. The monoisotopic (exact) mass is 610 g/mol. The maximum Gasteiger partial charge on any atom is 0.404 e. The fourth-order valence-corrected chi connectivity index (χ4v) is 5.66. The molecule has 0 bridgehead atoms. The number of ether oxygens (including phenoxy) is 2. The van der Waals surface area contributed by atoms with Gasteiger partial charge in [0, 0.05) is 49.6 Å². The second kappa shape index (κ2) is 17.5. The van der Waals surface area contributed by atoms with Crippen molar-refractivity contribution in [2.75, 3.05) is 13.6 Å². The minimum absolute atomic E-state index is 0.121. The van der Waals surface area contributed by atoms with Crippen LogP contribution in [0.5, 0.6) is 0 Å². The fourth-order valence-electron chi connectivity index (χ4n) is 5.66. The smallest absolute Gasteiger partial charge is 0.404 e. The summed E-state index contributed by atoms with van der Waals surface area (Å²) in [5, 5.41) is 42.7. The van der Waals surface area contributed by atoms with Gasteiger partial charge in [0.1, 0.15) is 12.2 Å². The highest BCUT2D eigenvalue weighted by atomic mass is 16.6. The first-order chi connectivity index (χ1) is 19.9. The van der Waals surface area contributed by atoms with Crippen LogP contribution in [0.4, 0.5) is 4.79 Å². The molecular weight excluding hydrogens is 556 g/mol. The van der Waals surface area contributed by atoms with E-state index in [0.717, 1.165) is 0 Å². The lowest BCUT2D eigenvalue weighted by atomic mass is 9.83. The highest BCUT2D eigenvalue weighted by Gasteiger charge is 2.41. The number of nitrogens with zero attached hydrogens (tertiary/aromatic N) is 1. The van der Waals surface area contributed by atoms with Crippen LogP contribution in [0, 0.1) is 41.4 Å². The maximum absolute atomic E-state index is 13.2. The Labute approximate surface area is 256 Å². The number of esters is 1. The second-order valence-electron chi connectivity index (χ2n) is 12.4. The van der Waals surface area contributed by atoms with E-state index >= 15 is 0 Å². The van der Waals surface area contributed by atoms with E-state index in [9.17, 15) is 34.8 Å². The molecule has 0 aliphatic carbocycles. The van der Waals surface area contributed by atoms with Crippen molar-refractivity contribution in [3.8, 4) is 0 Å². The topological polar surface area (TPSA) is 180 Å². The molecule has 1 aliphatic rings. The highest BCUT2D eigenvalue weighted by Crippen LogP contribution is 2.30. The molecule has 0 unspecified atom stereocenters. The Morgan fingerprint density at radius 3 is 2.21 bits per heavy atom. The molecule has 2 amide bonds. The van der Waals surface area contributed by atoms with Crippen LogP contribution in [-0.2, 0) is 19.1 Å². The molecular formula is C32H54N2O9. The number of carbonyl (C=O) groups is 3. The number of aliphatic hydroxyl groups is 4. The normalized spacial score (nSPS) is 27.3. The molecule has 6 N–H and O–H groups in total. The van der Waals surface area contributed by atoms with E-state index in [4.69, 9.17) is 15.2 Å². The van der Waals surface area contributed by atoms with Gasteiger partial charge < -0.3 is 40.5 Å². The summed E-state index contributed by atoms with van der Waals surface area (Å²) in [7, 11) is 1.60. The molecule has 13 atom stereocenters. The van der Waals surface area contributed by atoms with Crippen molar-refractivity contribution in [1.29, 1.82) is 0 Å². The number of aliphatic hydroxyl groups excluding tert-OH is 4. The minimum Gasteiger partial charge on any atom is -0.462 e. The predicted molar refractivity (Wildman–Crippen MR) is 163 cm³/mol. The van der Waals surface area contributed by atoms with Gasteiger partial charge in [-0.05, 0) is 6.92 Å². The average molecular weight is 611 g/mol. The fraction of sp³-hybridized carbons (Fsp3) is 0.719. The number of primary amides is 1. The Bertz CT molecular complexity index is 986. The number of amides is 2. The van der Waals surface area contributed by atoms with Gasteiger partial charge in [-0.25, -0.2) is 4.79 Å². The van der Waals surface area contributed by atoms with Gasteiger partial charge in [-0.15, -0.1) is 0 Å². The summed E-state index contributed by atoms with van der Waals surface area (Å²) >= 11 is 0. The molecule has 43 heavy (non-hydrogen) atoms. The number of rotatable bonds is 16. The first-order valence-corrected chi connectivity index (χ1v) is 15.1. The van der Waals surface area contributed by atoms with E-state index < -0.39 is 66.4 Å². The Kier molecular flexibility index (Phi) is 15.6. The van der Waals surface area contributed by atoms with Crippen LogP contribution in [0.1, 0.15) is 54.9 Å². The van der Waals surface area contributed by atoms with Crippen molar-refractivity contribution >= 4 is 18.0 Å². The Balaban J connectivity index is 2.76. The van der Waals surface area contributed by atoms with Crippen LogP contribution in [0.2, 0.25) is 0 Å². The Morgan fingerprint density at radius 1 is 1.05 bits per heavy atom. The molecule has 0 aromatic heterocycles. The molecule has 1 fully saturated rings. The lowest BCUT2D eigenvalue weighted by Gasteiger charge is -2.36. The number of hydrogen-bond acceptors (Lipinski definition) is 9. The van der Waals surface area contributed by atoms with Gasteiger partial charge in [0.2, 0.25) is 5.91 Å². The van der Waals surface area contributed by atoms with E-state index in [1.54, 1.807) is 72.9 Å². The summed E-state index contributed by atoms with van der Waals surface area (Å²) in [6.07, 6.45) is 2.24. The number of cyclic esters (lactones) is 1. The van der Waals surface area contributed by atoms with E-state index in [2.05, 4.69) is 6.58 Å². The molecule has 246 valence electrons. The van der Waals surface area contributed by atoms with Crippen molar-refractivity contribution < 1.29 is 44.3 Å². The van der Waals surface area contributed by atoms with Crippen molar-refractivity contribution in [2.24, 2.45) is 47.2 Å². The van der Waals surface area contributed by atoms with Gasteiger partial charge >= 0.3 is 12.1 Å². The van der Waals surface area contributed by atoms with Crippen molar-refractivity contribution in [3.05, 3.63) is 37.0 Å². The van der Waals surface area contributed by atoms with Crippen LogP contribution >= 0.6 is 0 Å². The molecule has 1 rings (SSSR count). The van der Waals surface area contributed by atoms with Crippen LogP contribution in [-0.4, -0.2) is 93.5 Å². The van der Waals surface area contributed by atoms with Crippen LogP contribution in [0.25, 0.3) is 0 Å². The van der Waals surface area contributed by atoms with Crippen molar-refractivity contribution in [3.63, 3.8) is 0 Å². The number of nitrogens with two attached hydrogens (primary N) is 1. The molecule has 11 nitrogen and oxygen atoms in total. The van der Waals surface area contributed by atoms with E-state index in [0.29, 0.717) is 0 Å². The van der Waals surface area contributed by atoms with Gasteiger partial charge in [-0.1, -0.05) is 78.5 Å². The zero-order chi connectivity index (χ0) is 33.2. The van der Waals surface area contributed by atoms with Crippen LogP contribution < -0.4 is 5.73 Å². The third kappa shape index (κ3) is 11.0. The molecule has 0 radical (unpaired) electrons. The summed E-state index contributed by atoms with van der Waals surface area (Å²) in [5.74, 6) is -4.23. The largest absolute Gasteiger partial charge is 0.462 e. The van der Waals surface area contributed by atoms with Crippen LogP contribution in [0.3, 0.4) is 0 Å². The summed E-state index contributed by atoms with van der Waals surface area (Å²) in [6, 6.07) is 0. The van der Waals surface area contributed by atoms with Gasteiger partial charge in [0.25, 0.3) is 0 Å². The summed E-state index contributed by atoms with van der Waals surface area (Å²) in [6.45, 7) is 15.9. The van der Waals surface area contributed by atoms with Crippen LogP contribution in [0.15, 0.2) is 37.0 Å². The number of allylic oxidation sites excluding steroid dienone is 2. The first-order valence-electron chi connectivity index (χ1n) is 15.1. The Hall–Kier alpha value is -2.73. The molecule has 0 spiro atoms.